The summed E-state index contributed by atoms with van der Waals surface area (Å²) in [5.41, 5.74) is 1.67. The van der Waals surface area contributed by atoms with E-state index in [0.717, 1.165) is 25.1 Å². The van der Waals surface area contributed by atoms with Gasteiger partial charge in [0.15, 0.2) is 0 Å². The van der Waals surface area contributed by atoms with Crippen LogP contribution in [-0.2, 0) is 15.9 Å². The number of halogens is 1. The number of hydrogen-bond acceptors (Lipinski definition) is 4. The quantitative estimate of drug-likeness (QED) is 0.857. The maximum Gasteiger partial charge on any atom is 0.494 e. The normalized spacial score (nSPS) is 24.0. The molecule has 2 aliphatic rings. The number of rotatable bonds is 3. The van der Waals surface area contributed by atoms with E-state index in [4.69, 9.17) is 9.31 Å². The van der Waals surface area contributed by atoms with Crippen LogP contribution in [0.4, 0.5) is 0 Å². The highest BCUT2D eigenvalue weighted by Gasteiger charge is 2.51. The number of benzene rings is 1. The Labute approximate surface area is 139 Å². The van der Waals surface area contributed by atoms with Crippen molar-refractivity contribution in [3.05, 3.63) is 29.8 Å². The molecule has 0 aliphatic carbocycles. The molecule has 2 fully saturated rings. The molecule has 0 atom stereocenters. The van der Waals surface area contributed by atoms with Crippen LogP contribution in [0.3, 0.4) is 0 Å². The smallest absolute Gasteiger partial charge is 0.399 e. The summed E-state index contributed by atoms with van der Waals surface area (Å²) in [5, 5.41) is 9.36. The molecule has 22 heavy (non-hydrogen) atoms. The minimum atomic E-state index is -0.310. The fourth-order valence-corrected chi connectivity index (χ4v) is 2.75. The zero-order valence-corrected chi connectivity index (χ0v) is 14.5. The van der Waals surface area contributed by atoms with Gasteiger partial charge in [0.05, 0.1) is 17.3 Å². The van der Waals surface area contributed by atoms with Crippen LogP contribution in [0.25, 0.3) is 0 Å². The van der Waals surface area contributed by atoms with Crippen molar-refractivity contribution in [3.8, 4) is 0 Å². The highest BCUT2D eigenvalue weighted by molar-refractivity contribution is 6.62. The molecule has 0 spiro atoms. The molecule has 2 saturated heterocycles. The number of hydrogen-bond donors (Lipinski definition) is 1. The third kappa shape index (κ3) is 3.34. The van der Waals surface area contributed by atoms with Gasteiger partial charge in [-0.3, -0.25) is 4.90 Å². The van der Waals surface area contributed by atoms with Crippen molar-refractivity contribution in [2.24, 2.45) is 0 Å². The van der Waals surface area contributed by atoms with Crippen molar-refractivity contribution in [2.75, 3.05) is 13.1 Å². The van der Waals surface area contributed by atoms with E-state index in [1.165, 1.54) is 5.56 Å². The Morgan fingerprint density at radius 3 is 2.32 bits per heavy atom. The van der Waals surface area contributed by atoms with Crippen molar-refractivity contribution >= 4 is 25.0 Å². The van der Waals surface area contributed by atoms with Gasteiger partial charge in [-0.1, -0.05) is 24.3 Å². The van der Waals surface area contributed by atoms with Crippen LogP contribution in [0.1, 0.15) is 33.3 Å². The molecule has 0 radical (unpaired) electrons. The predicted molar refractivity (Wildman–Crippen MR) is 90.7 cm³/mol. The number of β-amino-alcohol motifs (C(OH)–C–C–N with tert-alkyl or cyclic N) is 1. The van der Waals surface area contributed by atoms with Gasteiger partial charge < -0.3 is 14.4 Å². The van der Waals surface area contributed by atoms with Crippen molar-refractivity contribution in [3.63, 3.8) is 0 Å². The molecule has 3 rings (SSSR count). The minimum Gasteiger partial charge on any atom is -0.399 e. The second-order valence-electron chi connectivity index (χ2n) is 7.18. The molecular formula is C16H25BClNO3. The molecule has 0 aromatic heterocycles. The van der Waals surface area contributed by atoms with Gasteiger partial charge in [-0.05, 0) is 38.7 Å². The highest BCUT2D eigenvalue weighted by atomic mass is 35.5. The predicted octanol–water partition coefficient (Wildman–Crippen LogP) is 1.58. The van der Waals surface area contributed by atoms with Crippen molar-refractivity contribution in [1.29, 1.82) is 0 Å². The standard InChI is InChI=1S/C16H24BNO3.ClH/c1-15(2)16(3,4)21-17(20-15)13-7-5-6-12(8-13)9-18-10-14(19)11-18;/h5-8,14,19H,9-11H2,1-4H3;1H. The maximum absolute atomic E-state index is 9.36. The molecule has 0 unspecified atom stereocenters. The summed E-state index contributed by atoms with van der Waals surface area (Å²) in [7, 11) is -0.308. The number of aliphatic hydroxyl groups is 1. The number of nitrogens with zero attached hydrogens (tertiary/aromatic N) is 1. The van der Waals surface area contributed by atoms with Gasteiger partial charge in [0.25, 0.3) is 0 Å². The van der Waals surface area contributed by atoms with E-state index < -0.39 is 0 Å². The maximum atomic E-state index is 9.36. The van der Waals surface area contributed by atoms with Crippen LogP contribution >= 0.6 is 12.4 Å². The van der Waals surface area contributed by atoms with Gasteiger partial charge in [-0.2, -0.15) is 0 Å². The monoisotopic (exact) mass is 325 g/mol. The summed E-state index contributed by atoms with van der Waals surface area (Å²) in [6, 6.07) is 8.36. The first-order chi connectivity index (χ1) is 9.77. The Morgan fingerprint density at radius 1 is 1.18 bits per heavy atom. The SMILES string of the molecule is CC1(C)OB(c2cccc(CN3CC(O)C3)c2)OC1(C)C.Cl. The molecule has 0 amide bonds. The molecule has 0 saturated carbocycles. The van der Waals surface area contributed by atoms with E-state index in [9.17, 15) is 5.11 Å². The Bertz CT molecular complexity index is 516. The van der Waals surface area contributed by atoms with E-state index in [2.05, 4.69) is 50.8 Å². The van der Waals surface area contributed by atoms with Gasteiger partial charge in [-0.15, -0.1) is 12.4 Å². The lowest BCUT2D eigenvalue weighted by molar-refractivity contribution is -0.00285. The minimum absolute atomic E-state index is 0. The number of likely N-dealkylation sites (tertiary alicyclic amines) is 1. The lowest BCUT2D eigenvalue weighted by Crippen LogP contribution is -2.49. The van der Waals surface area contributed by atoms with Crippen LogP contribution < -0.4 is 5.46 Å². The van der Waals surface area contributed by atoms with E-state index >= 15 is 0 Å². The molecule has 1 aromatic carbocycles. The van der Waals surface area contributed by atoms with Gasteiger partial charge in [0.1, 0.15) is 0 Å². The summed E-state index contributed by atoms with van der Waals surface area (Å²) < 4.78 is 12.2. The summed E-state index contributed by atoms with van der Waals surface area (Å²) >= 11 is 0. The Morgan fingerprint density at radius 2 is 1.77 bits per heavy atom. The summed E-state index contributed by atoms with van der Waals surface area (Å²) in [6.07, 6.45) is -0.156. The topological polar surface area (TPSA) is 41.9 Å². The molecule has 6 heteroatoms. The lowest BCUT2D eigenvalue weighted by atomic mass is 9.78. The van der Waals surface area contributed by atoms with Crippen LogP contribution in [0.5, 0.6) is 0 Å². The average molecular weight is 326 g/mol. The zero-order valence-electron chi connectivity index (χ0n) is 13.7. The van der Waals surface area contributed by atoms with E-state index in [1.807, 2.05) is 6.07 Å². The van der Waals surface area contributed by atoms with Crippen LogP contribution in [-0.4, -0.2) is 47.5 Å². The van der Waals surface area contributed by atoms with E-state index in [0.29, 0.717) is 0 Å². The fraction of sp³-hybridized carbons (Fsp3) is 0.625. The van der Waals surface area contributed by atoms with Gasteiger partial charge in [0.2, 0.25) is 0 Å². The molecule has 2 heterocycles. The summed E-state index contributed by atoms with van der Waals surface area (Å²) in [5.74, 6) is 0. The van der Waals surface area contributed by atoms with Gasteiger partial charge >= 0.3 is 7.12 Å². The lowest BCUT2D eigenvalue weighted by Gasteiger charge is -2.35. The second-order valence-corrected chi connectivity index (χ2v) is 7.18. The molecule has 122 valence electrons. The summed E-state index contributed by atoms with van der Waals surface area (Å²) in [4.78, 5) is 2.23. The van der Waals surface area contributed by atoms with Crippen molar-refractivity contribution < 1.29 is 14.4 Å². The van der Waals surface area contributed by atoms with Gasteiger partial charge in [0, 0.05) is 19.6 Å². The third-order valence-electron chi connectivity index (χ3n) is 4.82. The van der Waals surface area contributed by atoms with Crippen LogP contribution in [0.2, 0.25) is 0 Å². The van der Waals surface area contributed by atoms with Crippen molar-refractivity contribution in [2.45, 2.75) is 51.5 Å². The molecule has 1 aromatic rings. The second kappa shape index (κ2) is 6.14. The van der Waals surface area contributed by atoms with E-state index in [-0.39, 0.29) is 36.8 Å². The molecular weight excluding hydrogens is 300 g/mol. The first-order valence-electron chi connectivity index (χ1n) is 7.62. The summed E-state index contributed by atoms with van der Waals surface area (Å²) in [6.45, 7) is 10.7. The van der Waals surface area contributed by atoms with Crippen LogP contribution in [0, 0.1) is 0 Å². The molecule has 1 N–H and O–H groups in total. The van der Waals surface area contributed by atoms with Crippen LogP contribution in [0.15, 0.2) is 24.3 Å². The largest absolute Gasteiger partial charge is 0.494 e. The van der Waals surface area contributed by atoms with Gasteiger partial charge in [-0.25, -0.2) is 0 Å². The first-order valence-corrected chi connectivity index (χ1v) is 7.62. The van der Waals surface area contributed by atoms with Crippen molar-refractivity contribution in [1.82, 2.24) is 4.90 Å². The Balaban J connectivity index is 0.00000176. The Hall–Kier alpha value is -0.585. The fourth-order valence-electron chi connectivity index (χ4n) is 2.75. The molecule has 2 aliphatic heterocycles. The highest BCUT2D eigenvalue weighted by Crippen LogP contribution is 2.36. The molecule has 4 nitrogen and oxygen atoms in total. The number of aliphatic hydroxyl groups excluding tert-OH is 1. The average Bonchev–Trinajstić information content (AvgIpc) is 2.57. The Kier molecular flexibility index (Phi) is 4.95. The molecule has 0 bridgehead atoms. The zero-order chi connectivity index (χ0) is 15.3. The van der Waals surface area contributed by atoms with E-state index in [1.54, 1.807) is 0 Å². The third-order valence-corrected chi connectivity index (χ3v) is 4.82. The first kappa shape index (κ1) is 17.8.